The zero-order valence-corrected chi connectivity index (χ0v) is 20.9. The van der Waals surface area contributed by atoms with E-state index in [1.165, 1.54) is 24.6 Å². The van der Waals surface area contributed by atoms with Gasteiger partial charge in [0.15, 0.2) is 5.65 Å². The fourth-order valence-corrected chi connectivity index (χ4v) is 3.44. The first-order chi connectivity index (χ1) is 15.3. The minimum atomic E-state index is -0.487. The molecule has 0 radical (unpaired) electrons. The van der Waals surface area contributed by atoms with Crippen molar-refractivity contribution >= 4 is 38.9 Å². The quantitative estimate of drug-likeness (QED) is 0.388. The summed E-state index contributed by atoms with van der Waals surface area (Å²) in [5, 5.41) is 4.30. The number of nitrogens with zero attached hydrogens (tertiary/aromatic N) is 2. The molecule has 32 heavy (non-hydrogen) atoms. The number of carbonyl (C=O) groups is 1. The minimum absolute atomic E-state index is 0.146. The summed E-state index contributed by atoms with van der Waals surface area (Å²) in [6.45, 7) is 7.57. The number of aromatic nitrogens is 2. The zero-order chi connectivity index (χ0) is 24.3. The highest BCUT2D eigenvalue weighted by atomic mass is 79.9. The van der Waals surface area contributed by atoms with Crippen molar-refractivity contribution in [3.63, 3.8) is 0 Å². The molecule has 0 aliphatic rings. The molecule has 0 amide bonds. The van der Waals surface area contributed by atoms with Gasteiger partial charge < -0.3 is 14.8 Å². The van der Waals surface area contributed by atoms with Gasteiger partial charge in [-0.15, -0.1) is 0 Å². The molecule has 0 spiro atoms. The van der Waals surface area contributed by atoms with Crippen LogP contribution in [-0.2, 0) is 11.2 Å². The van der Waals surface area contributed by atoms with Gasteiger partial charge in [0.2, 0.25) is 5.88 Å². The number of ether oxygens (including phenoxy) is 1. The molecule has 3 aromatic rings. The van der Waals surface area contributed by atoms with Crippen LogP contribution in [0.15, 0.2) is 34.9 Å². The van der Waals surface area contributed by atoms with Gasteiger partial charge in [0.1, 0.15) is 17.9 Å². The van der Waals surface area contributed by atoms with Gasteiger partial charge in [-0.1, -0.05) is 36.7 Å². The van der Waals surface area contributed by atoms with Crippen molar-refractivity contribution in [3.8, 4) is 5.88 Å². The first kappa shape index (κ1) is 27.4. The van der Waals surface area contributed by atoms with E-state index < -0.39 is 11.6 Å². The largest absolute Gasteiger partial charge is 0.481 e. The molecule has 2 heterocycles. The Kier molecular flexibility index (Phi) is 11.8. The van der Waals surface area contributed by atoms with Crippen LogP contribution in [0.5, 0.6) is 5.88 Å². The lowest BCUT2D eigenvalue weighted by atomic mass is 9.94. The van der Waals surface area contributed by atoms with Gasteiger partial charge >= 0.3 is 0 Å². The van der Waals surface area contributed by atoms with E-state index in [0.717, 1.165) is 29.4 Å². The molecule has 1 atom stereocenters. The minimum Gasteiger partial charge on any atom is -0.481 e. The molecule has 0 saturated heterocycles. The monoisotopic (exact) mass is 509 g/mol. The highest BCUT2D eigenvalue weighted by Gasteiger charge is 2.14. The summed E-state index contributed by atoms with van der Waals surface area (Å²) < 4.78 is 31.3. The molecule has 3 rings (SSSR count). The van der Waals surface area contributed by atoms with Crippen LogP contribution in [0.25, 0.3) is 11.0 Å². The third kappa shape index (κ3) is 7.22. The fraction of sp³-hybridized carbons (Fsp3) is 0.375. The first-order valence-electron chi connectivity index (χ1n) is 10.3. The number of fused-ring (bicyclic) bond motifs is 1. The standard InChI is InChI=1S/C14H19N3O.C8H7BrF2.C2H4O/c1-5-9(2)13-10-6-7-12(18-4)17-14(10)16-8-11(13)15-3;1-2-6-7(10)3-5(9)4-8(6)11;1-2-3/h6-9,15H,5H2,1-4H3;3-4H,2H2,1H3;2H,1H3. The van der Waals surface area contributed by atoms with Gasteiger partial charge in [0.25, 0.3) is 0 Å². The Morgan fingerprint density at radius 1 is 1.22 bits per heavy atom. The number of hydrogen-bond donors (Lipinski definition) is 1. The van der Waals surface area contributed by atoms with Crippen molar-refractivity contribution in [1.29, 1.82) is 0 Å². The summed E-state index contributed by atoms with van der Waals surface area (Å²) >= 11 is 3.00. The number of pyridine rings is 2. The van der Waals surface area contributed by atoms with Crippen LogP contribution in [-0.4, -0.2) is 30.4 Å². The molecule has 8 heteroatoms. The number of anilines is 1. The summed E-state index contributed by atoms with van der Waals surface area (Å²) in [6.07, 6.45) is 4.06. The topological polar surface area (TPSA) is 64.1 Å². The van der Waals surface area contributed by atoms with Crippen LogP contribution in [0, 0.1) is 11.6 Å². The molecule has 174 valence electrons. The third-order valence-electron chi connectivity index (χ3n) is 4.79. The third-order valence-corrected chi connectivity index (χ3v) is 5.25. The van der Waals surface area contributed by atoms with Crippen LogP contribution < -0.4 is 10.1 Å². The first-order valence-corrected chi connectivity index (χ1v) is 11.1. The van der Waals surface area contributed by atoms with E-state index in [2.05, 4.69) is 45.1 Å². The highest BCUT2D eigenvalue weighted by Crippen LogP contribution is 2.32. The van der Waals surface area contributed by atoms with E-state index in [0.29, 0.717) is 22.7 Å². The number of rotatable bonds is 5. The van der Waals surface area contributed by atoms with E-state index in [4.69, 9.17) is 9.53 Å². The van der Waals surface area contributed by atoms with E-state index in [1.54, 1.807) is 14.0 Å². The zero-order valence-electron chi connectivity index (χ0n) is 19.3. The normalized spacial score (nSPS) is 10.9. The number of aldehydes is 1. The van der Waals surface area contributed by atoms with Crippen LogP contribution in [0.2, 0.25) is 0 Å². The maximum absolute atomic E-state index is 12.8. The van der Waals surface area contributed by atoms with Gasteiger partial charge in [-0.3, -0.25) is 0 Å². The average Bonchev–Trinajstić information content (AvgIpc) is 2.78. The van der Waals surface area contributed by atoms with E-state index in [9.17, 15) is 8.78 Å². The van der Waals surface area contributed by atoms with Crippen LogP contribution in [0.4, 0.5) is 14.5 Å². The van der Waals surface area contributed by atoms with Crippen molar-refractivity contribution in [2.75, 3.05) is 19.5 Å². The predicted octanol–water partition coefficient (Wildman–Crippen LogP) is 6.69. The molecule has 2 aromatic heterocycles. The maximum Gasteiger partial charge on any atom is 0.215 e. The number of nitrogens with one attached hydrogen (secondary N) is 1. The Bertz CT molecular complexity index is 1010. The second-order valence-corrected chi connectivity index (χ2v) is 7.72. The summed E-state index contributed by atoms with van der Waals surface area (Å²) in [5.74, 6) is 0.0919. The van der Waals surface area contributed by atoms with Gasteiger partial charge in [0, 0.05) is 28.5 Å². The second kappa shape index (κ2) is 13.7. The lowest BCUT2D eigenvalue weighted by Crippen LogP contribution is -2.03. The molecular formula is C24H30BrF2N3O2. The Labute approximate surface area is 196 Å². The summed E-state index contributed by atoms with van der Waals surface area (Å²) in [6, 6.07) is 6.45. The lowest BCUT2D eigenvalue weighted by molar-refractivity contribution is -0.106. The smallest absolute Gasteiger partial charge is 0.215 e. The van der Waals surface area contributed by atoms with Crippen molar-refractivity contribution in [2.24, 2.45) is 0 Å². The molecule has 0 fully saturated rings. The Morgan fingerprint density at radius 2 is 1.81 bits per heavy atom. The number of halogens is 3. The molecular weight excluding hydrogens is 480 g/mol. The average molecular weight is 510 g/mol. The Morgan fingerprint density at radius 3 is 2.28 bits per heavy atom. The van der Waals surface area contributed by atoms with Gasteiger partial charge in [-0.25, -0.2) is 13.8 Å². The summed E-state index contributed by atoms with van der Waals surface area (Å²) in [7, 11) is 3.54. The molecule has 1 N–H and O–H groups in total. The number of benzene rings is 1. The van der Waals surface area contributed by atoms with Crippen molar-refractivity contribution in [2.45, 2.75) is 46.5 Å². The van der Waals surface area contributed by atoms with Crippen molar-refractivity contribution in [3.05, 3.63) is 57.7 Å². The molecule has 0 bridgehead atoms. The van der Waals surface area contributed by atoms with Crippen molar-refractivity contribution in [1.82, 2.24) is 9.97 Å². The van der Waals surface area contributed by atoms with Crippen molar-refractivity contribution < 1.29 is 18.3 Å². The van der Waals surface area contributed by atoms with Crippen LogP contribution >= 0.6 is 15.9 Å². The van der Waals surface area contributed by atoms with Crippen LogP contribution in [0.3, 0.4) is 0 Å². The lowest BCUT2D eigenvalue weighted by Gasteiger charge is -2.17. The highest BCUT2D eigenvalue weighted by molar-refractivity contribution is 9.10. The van der Waals surface area contributed by atoms with E-state index in [1.807, 2.05) is 25.4 Å². The van der Waals surface area contributed by atoms with Gasteiger partial charge in [0.05, 0.1) is 19.0 Å². The maximum atomic E-state index is 12.8. The Hall–Kier alpha value is -2.61. The summed E-state index contributed by atoms with van der Waals surface area (Å²) in [5.41, 5.74) is 3.24. The molecule has 0 aliphatic carbocycles. The van der Waals surface area contributed by atoms with Crippen LogP contribution in [0.1, 0.15) is 51.2 Å². The van der Waals surface area contributed by atoms with Gasteiger partial charge in [-0.2, -0.15) is 4.98 Å². The van der Waals surface area contributed by atoms with E-state index >= 15 is 0 Å². The second-order valence-electron chi connectivity index (χ2n) is 6.81. The SMILES string of the molecule is CC=O.CCC(C)c1c(NC)cnc2nc(OC)ccc12.CCc1c(F)cc(Br)cc1F. The Balaban J connectivity index is 0.000000312. The predicted molar refractivity (Wildman–Crippen MR) is 130 cm³/mol. The van der Waals surface area contributed by atoms with E-state index in [-0.39, 0.29) is 5.56 Å². The molecule has 1 unspecified atom stereocenters. The molecule has 5 nitrogen and oxygen atoms in total. The molecule has 0 saturated carbocycles. The number of hydrogen-bond acceptors (Lipinski definition) is 5. The fourth-order valence-electron chi connectivity index (χ4n) is 3.04. The van der Waals surface area contributed by atoms with Gasteiger partial charge in [-0.05, 0) is 49.4 Å². The number of carbonyl (C=O) groups excluding carboxylic acids is 1. The number of methoxy groups -OCH3 is 1. The molecule has 0 aliphatic heterocycles. The summed E-state index contributed by atoms with van der Waals surface area (Å²) in [4.78, 5) is 17.6. The molecule has 1 aromatic carbocycles.